The first-order valence-electron chi connectivity index (χ1n) is 6.39. The molecule has 2 aromatic rings. The summed E-state index contributed by atoms with van der Waals surface area (Å²) in [6.45, 7) is 5.82. The van der Waals surface area contributed by atoms with Crippen LogP contribution in [0.15, 0.2) is 40.8 Å². The number of furan rings is 1. The smallest absolute Gasteiger partial charge is 0.158 e. The minimum atomic E-state index is -0.426. The van der Waals surface area contributed by atoms with Crippen molar-refractivity contribution in [1.82, 2.24) is 0 Å². The van der Waals surface area contributed by atoms with E-state index < -0.39 is 6.10 Å². The molecule has 0 radical (unpaired) electrons. The first kappa shape index (κ1) is 12.9. The van der Waals surface area contributed by atoms with Gasteiger partial charge in [-0.15, -0.1) is 0 Å². The summed E-state index contributed by atoms with van der Waals surface area (Å²) >= 11 is 0. The van der Waals surface area contributed by atoms with Crippen LogP contribution in [0.1, 0.15) is 31.3 Å². The van der Waals surface area contributed by atoms with Gasteiger partial charge in [-0.1, -0.05) is 24.3 Å². The van der Waals surface area contributed by atoms with Gasteiger partial charge in [0.2, 0.25) is 0 Å². The summed E-state index contributed by atoms with van der Waals surface area (Å²) in [6, 6.07) is 11.8. The minimum absolute atomic E-state index is 0.426. The van der Waals surface area contributed by atoms with Crippen LogP contribution in [0.4, 0.5) is 0 Å². The van der Waals surface area contributed by atoms with Gasteiger partial charge in [0.1, 0.15) is 12.3 Å². The van der Waals surface area contributed by atoms with Gasteiger partial charge in [-0.2, -0.15) is 0 Å². The number of aliphatic hydroxyl groups excluding tert-OH is 1. The first-order valence-corrected chi connectivity index (χ1v) is 6.39. The molecule has 0 aliphatic heterocycles. The SMILES string of the molecule is CC[NH2+]Cc1ccc(-c2ccc([C@H](C)O)cc2)o1. The van der Waals surface area contributed by atoms with Crippen molar-refractivity contribution < 1.29 is 14.8 Å². The van der Waals surface area contributed by atoms with E-state index in [0.717, 1.165) is 35.7 Å². The lowest BCUT2D eigenvalue weighted by molar-refractivity contribution is -0.669. The fraction of sp³-hybridized carbons (Fsp3) is 0.333. The summed E-state index contributed by atoms with van der Waals surface area (Å²) in [7, 11) is 0. The van der Waals surface area contributed by atoms with Crippen molar-refractivity contribution >= 4 is 0 Å². The van der Waals surface area contributed by atoms with Crippen molar-refractivity contribution in [2.45, 2.75) is 26.5 Å². The third kappa shape index (κ3) is 3.00. The van der Waals surface area contributed by atoms with Crippen molar-refractivity contribution in [3.05, 3.63) is 47.7 Å². The van der Waals surface area contributed by atoms with E-state index in [4.69, 9.17) is 4.42 Å². The molecule has 0 saturated heterocycles. The van der Waals surface area contributed by atoms with E-state index in [1.807, 2.05) is 36.4 Å². The quantitative estimate of drug-likeness (QED) is 0.848. The van der Waals surface area contributed by atoms with E-state index >= 15 is 0 Å². The topological polar surface area (TPSA) is 50.0 Å². The van der Waals surface area contributed by atoms with Gasteiger partial charge < -0.3 is 14.8 Å². The van der Waals surface area contributed by atoms with Crippen LogP contribution in [0.25, 0.3) is 11.3 Å². The van der Waals surface area contributed by atoms with Gasteiger partial charge in [-0.05, 0) is 31.5 Å². The highest BCUT2D eigenvalue weighted by Gasteiger charge is 2.06. The van der Waals surface area contributed by atoms with Gasteiger partial charge in [0.25, 0.3) is 0 Å². The summed E-state index contributed by atoms with van der Waals surface area (Å²) in [5.41, 5.74) is 1.96. The summed E-state index contributed by atoms with van der Waals surface area (Å²) in [5, 5.41) is 11.7. The molecule has 96 valence electrons. The summed E-state index contributed by atoms with van der Waals surface area (Å²) in [6.07, 6.45) is -0.426. The zero-order valence-corrected chi connectivity index (χ0v) is 10.9. The maximum absolute atomic E-state index is 9.46. The van der Waals surface area contributed by atoms with E-state index in [1.54, 1.807) is 6.92 Å². The number of rotatable bonds is 5. The molecule has 0 unspecified atom stereocenters. The summed E-state index contributed by atoms with van der Waals surface area (Å²) in [5.74, 6) is 1.87. The van der Waals surface area contributed by atoms with Gasteiger partial charge in [0, 0.05) is 5.56 Å². The zero-order chi connectivity index (χ0) is 13.0. The van der Waals surface area contributed by atoms with Crippen molar-refractivity contribution in [2.75, 3.05) is 6.54 Å². The van der Waals surface area contributed by atoms with Crippen LogP contribution >= 0.6 is 0 Å². The maximum atomic E-state index is 9.46. The van der Waals surface area contributed by atoms with Crippen LogP contribution in [0, 0.1) is 0 Å². The lowest BCUT2D eigenvalue weighted by atomic mass is 10.1. The van der Waals surface area contributed by atoms with E-state index in [1.165, 1.54) is 0 Å². The molecule has 0 aliphatic rings. The normalized spacial score (nSPS) is 12.6. The molecule has 18 heavy (non-hydrogen) atoms. The molecule has 0 amide bonds. The Morgan fingerprint density at radius 2 is 1.89 bits per heavy atom. The predicted octanol–water partition coefficient (Wildman–Crippen LogP) is 2.08. The summed E-state index contributed by atoms with van der Waals surface area (Å²) < 4.78 is 5.78. The second-order valence-corrected chi connectivity index (χ2v) is 4.46. The fourth-order valence-corrected chi connectivity index (χ4v) is 1.86. The third-order valence-electron chi connectivity index (χ3n) is 2.97. The number of quaternary nitrogens is 1. The number of hydrogen-bond donors (Lipinski definition) is 2. The Morgan fingerprint density at radius 3 is 2.50 bits per heavy atom. The van der Waals surface area contributed by atoms with E-state index in [2.05, 4.69) is 12.2 Å². The molecule has 3 heteroatoms. The lowest BCUT2D eigenvalue weighted by Crippen LogP contribution is -2.81. The Bertz CT molecular complexity index is 485. The molecule has 1 aromatic heterocycles. The van der Waals surface area contributed by atoms with Crippen LogP contribution in [0.2, 0.25) is 0 Å². The van der Waals surface area contributed by atoms with Crippen LogP contribution in [0.3, 0.4) is 0 Å². The molecule has 1 atom stereocenters. The zero-order valence-electron chi connectivity index (χ0n) is 10.9. The van der Waals surface area contributed by atoms with Crippen LogP contribution in [-0.4, -0.2) is 11.7 Å². The van der Waals surface area contributed by atoms with Crippen LogP contribution in [0.5, 0.6) is 0 Å². The molecule has 0 aliphatic carbocycles. The molecule has 0 fully saturated rings. The Kier molecular flexibility index (Phi) is 4.18. The van der Waals surface area contributed by atoms with E-state index in [9.17, 15) is 5.11 Å². The second-order valence-electron chi connectivity index (χ2n) is 4.46. The van der Waals surface area contributed by atoms with Crippen LogP contribution < -0.4 is 5.32 Å². The Morgan fingerprint density at radius 1 is 1.17 bits per heavy atom. The standard InChI is InChI=1S/C15H19NO2/c1-3-16-10-14-8-9-15(18-14)13-6-4-12(5-7-13)11(2)17/h4-9,11,16-17H,3,10H2,1-2H3/p+1/t11-/m0/s1. The molecular formula is C15H20NO2+. The third-order valence-corrected chi connectivity index (χ3v) is 2.97. The molecule has 2 rings (SSSR count). The van der Waals surface area contributed by atoms with Crippen molar-refractivity contribution in [2.24, 2.45) is 0 Å². The maximum Gasteiger partial charge on any atom is 0.158 e. The second kappa shape index (κ2) is 5.85. The van der Waals surface area contributed by atoms with Gasteiger partial charge in [-0.3, -0.25) is 0 Å². The van der Waals surface area contributed by atoms with Crippen molar-refractivity contribution in [3.8, 4) is 11.3 Å². The van der Waals surface area contributed by atoms with Gasteiger partial charge >= 0.3 is 0 Å². The molecular weight excluding hydrogens is 226 g/mol. The molecule has 3 nitrogen and oxygen atoms in total. The fourth-order valence-electron chi connectivity index (χ4n) is 1.86. The van der Waals surface area contributed by atoms with Crippen LogP contribution in [-0.2, 0) is 6.54 Å². The van der Waals surface area contributed by atoms with E-state index in [-0.39, 0.29) is 0 Å². The number of benzene rings is 1. The molecule has 0 spiro atoms. The van der Waals surface area contributed by atoms with Gasteiger partial charge in [0.05, 0.1) is 12.6 Å². The van der Waals surface area contributed by atoms with Gasteiger partial charge in [-0.25, -0.2) is 0 Å². The number of aliphatic hydroxyl groups is 1. The Hall–Kier alpha value is -1.58. The van der Waals surface area contributed by atoms with Crippen molar-refractivity contribution in [1.29, 1.82) is 0 Å². The Labute approximate surface area is 107 Å². The monoisotopic (exact) mass is 246 g/mol. The Balaban J connectivity index is 2.13. The predicted molar refractivity (Wildman–Crippen MR) is 70.9 cm³/mol. The van der Waals surface area contributed by atoms with Gasteiger partial charge in [0.15, 0.2) is 5.76 Å². The molecule has 0 saturated carbocycles. The highest BCUT2D eigenvalue weighted by Crippen LogP contribution is 2.23. The van der Waals surface area contributed by atoms with Crippen molar-refractivity contribution in [3.63, 3.8) is 0 Å². The largest absolute Gasteiger partial charge is 0.455 e. The average Bonchev–Trinajstić information content (AvgIpc) is 2.85. The molecule has 1 heterocycles. The highest BCUT2D eigenvalue weighted by atomic mass is 16.3. The molecule has 0 bridgehead atoms. The first-order chi connectivity index (χ1) is 8.70. The average molecular weight is 246 g/mol. The number of hydrogen-bond acceptors (Lipinski definition) is 2. The lowest BCUT2D eigenvalue weighted by Gasteiger charge is -2.04. The molecule has 3 N–H and O–H groups in total. The minimum Gasteiger partial charge on any atom is -0.455 e. The molecule has 1 aromatic carbocycles. The van der Waals surface area contributed by atoms with E-state index in [0.29, 0.717) is 0 Å². The number of nitrogens with two attached hydrogens (primary N) is 1. The highest BCUT2D eigenvalue weighted by molar-refractivity contribution is 5.58. The summed E-state index contributed by atoms with van der Waals surface area (Å²) in [4.78, 5) is 0.